The van der Waals surface area contributed by atoms with E-state index < -0.39 is 15.4 Å². The number of benzene rings is 2. The Morgan fingerprint density at radius 2 is 1.64 bits per heavy atom. The Morgan fingerprint density at radius 3 is 2.21 bits per heavy atom. The van der Waals surface area contributed by atoms with Gasteiger partial charge in [0.15, 0.2) is 0 Å². The van der Waals surface area contributed by atoms with E-state index in [1.807, 2.05) is 20.8 Å². The predicted molar refractivity (Wildman–Crippen MR) is 122 cm³/mol. The number of halogens is 1. The maximum Gasteiger partial charge on any atom is 0.264 e. The zero-order chi connectivity index (χ0) is 24.2. The van der Waals surface area contributed by atoms with Crippen molar-refractivity contribution < 1.29 is 22.3 Å². The summed E-state index contributed by atoms with van der Waals surface area (Å²) >= 11 is 0. The molecule has 2 aromatic carbocycles. The largest absolute Gasteiger partial charge is 0.457 e. The van der Waals surface area contributed by atoms with Crippen LogP contribution in [-0.2, 0) is 15.4 Å². The van der Waals surface area contributed by atoms with E-state index >= 15 is 0 Å². The summed E-state index contributed by atoms with van der Waals surface area (Å²) in [5, 5.41) is 2.60. The van der Waals surface area contributed by atoms with Gasteiger partial charge in [0.05, 0.1) is 10.5 Å². The van der Waals surface area contributed by atoms with Crippen molar-refractivity contribution in [2.24, 2.45) is 0 Å². The van der Waals surface area contributed by atoms with Gasteiger partial charge in [0.2, 0.25) is 5.95 Å². The molecule has 0 atom stereocenters. The first-order valence-electron chi connectivity index (χ1n) is 10.2. The Hall–Kier alpha value is -3.53. The number of amides is 1. The Morgan fingerprint density at radius 1 is 1.03 bits per heavy atom. The van der Waals surface area contributed by atoms with Crippen molar-refractivity contribution in [2.75, 3.05) is 11.3 Å². The normalized spacial score (nSPS) is 11.7. The van der Waals surface area contributed by atoms with E-state index in [9.17, 15) is 17.6 Å². The molecule has 1 amide bonds. The average molecular weight is 473 g/mol. The van der Waals surface area contributed by atoms with Crippen molar-refractivity contribution >= 4 is 21.9 Å². The number of carbonyl (C=O) groups is 1. The van der Waals surface area contributed by atoms with Gasteiger partial charge in [0, 0.05) is 18.9 Å². The summed E-state index contributed by atoms with van der Waals surface area (Å²) in [6.07, 6.45) is 2.47. The van der Waals surface area contributed by atoms with Gasteiger partial charge in [-0.3, -0.25) is 4.79 Å². The van der Waals surface area contributed by atoms with Crippen molar-refractivity contribution in [2.45, 2.75) is 38.0 Å². The van der Waals surface area contributed by atoms with Crippen LogP contribution in [0.3, 0.4) is 0 Å². The van der Waals surface area contributed by atoms with Crippen LogP contribution in [-0.4, -0.2) is 30.8 Å². The van der Waals surface area contributed by atoms with Crippen LogP contribution in [0.15, 0.2) is 59.8 Å². The molecule has 0 saturated heterocycles. The number of ether oxygens (including phenoxy) is 1. The standard InChI is InChI=1S/C23H25FN4O4S/c1-5-25-21(29)15-13-26-22(27-14-15)28-33(30,31)18-9-6-16(7-10-18)32-17-8-11-20(24)19(12-17)23(2,3)4/h6-14H,5H2,1-4H3,(H,25,29)(H,26,27,28). The molecule has 3 aromatic rings. The van der Waals surface area contributed by atoms with Crippen LogP contribution >= 0.6 is 0 Å². The van der Waals surface area contributed by atoms with E-state index in [2.05, 4.69) is 20.0 Å². The summed E-state index contributed by atoms with van der Waals surface area (Å²) in [5.41, 5.74) is 0.339. The molecule has 0 saturated carbocycles. The highest BCUT2D eigenvalue weighted by Crippen LogP contribution is 2.31. The number of nitrogens with zero attached hydrogens (tertiary/aromatic N) is 2. The lowest BCUT2D eigenvalue weighted by Gasteiger charge is -2.20. The first-order valence-corrected chi connectivity index (χ1v) is 11.7. The van der Waals surface area contributed by atoms with E-state index in [1.165, 1.54) is 48.8 Å². The van der Waals surface area contributed by atoms with Gasteiger partial charge in [-0.05, 0) is 60.4 Å². The number of nitrogens with one attached hydrogen (secondary N) is 2. The first-order chi connectivity index (χ1) is 15.5. The third-order valence-electron chi connectivity index (χ3n) is 4.59. The van der Waals surface area contributed by atoms with Gasteiger partial charge in [-0.2, -0.15) is 0 Å². The number of hydrogen-bond acceptors (Lipinski definition) is 6. The molecule has 1 aromatic heterocycles. The molecule has 0 bridgehead atoms. The number of aromatic nitrogens is 2. The van der Waals surface area contributed by atoms with Gasteiger partial charge in [0.25, 0.3) is 15.9 Å². The number of rotatable bonds is 7. The quantitative estimate of drug-likeness (QED) is 0.532. The summed E-state index contributed by atoms with van der Waals surface area (Å²) in [5.74, 6) is 0.00453. The van der Waals surface area contributed by atoms with Gasteiger partial charge >= 0.3 is 0 Å². The summed E-state index contributed by atoms with van der Waals surface area (Å²) in [7, 11) is -3.96. The van der Waals surface area contributed by atoms with Gasteiger partial charge in [-0.1, -0.05) is 20.8 Å². The van der Waals surface area contributed by atoms with Crippen LogP contribution in [0.5, 0.6) is 11.5 Å². The molecule has 3 rings (SSSR count). The molecule has 0 radical (unpaired) electrons. The summed E-state index contributed by atoms with van der Waals surface area (Å²) in [4.78, 5) is 19.5. The zero-order valence-electron chi connectivity index (χ0n) is 18.7. The lowest BCUT2D eigenvalue weighted by atomic mass is 9.86. The fraction of sp³-hybridized carbons (Fsp3) is 0.261. The highest BCUT2D eigenvalue weighted by atomic mass is 32.2. The molecule has 0 aliphatic heterocycles. The number of hydrogen-bond donors (Lipinski definition) is 2. The molecular formula is C23H25FN4O4S. The predicted octanol–water partition coefficient (Wildman–Crippen LogP) is 4.26. The fourth-order valence-electron chi connectivity index (χ4n) is 2.91. The molecule has 0 unspecified atom stereocenters. The Kier molecular flexibility index (Phi) is 6.97. The van der Waals surface area contributed by atoms with Crippen molar-refractivity contribution in [3.8, 4) is 11.5 Å². The summed E-state index contributed by atoms with van der Waals surface area (Å²) < 4.78 is 47.4. The molecule has 0 fully saturated rings. The van der Waals surface area contributed by atoms with Crippen LogP contribution in [0, 0.1) is 5.82 Å². The van der Waals surface area contributed by atoms with Crippen molar-refractivity contribution in [1.29, 1.82) is 0 Å². The summed E-state index contributed by atoms with van der Waals surface area (Å²) in [6, 6.07) is 10.2. The Balaban J connectivity index is 1.72. The average Bonchev–Trinajstić information content (AvgIpc) is 2.75. The second-order valence-corrected chi connectivity index (χ2v) is 9.91. The molecule has 2 N–H and O–H groups in total. The second kappa shape index (κ2) is 9.53. The Bertz CT molecular complexity index is 1240. The van der Waals surface area contributed by atoms with Crippen LogP contribution in [0.1, 0.15) is 43.6 Å². The number of anilines is 1. The highest BCUT2D eigenvalue weighted by molar-refractivity contribution is 7.92. The SMILES string of the molecule is CCNC(=O)c1cnc(NS(=O)(=O)c2ccc(Oc3ccc(F)c(C(C)(C)C)c3)cc2)nc1. The van der Waals surface area contributed by atoms with Crippen LogP contribution in [0.2, 0.25) is 0 Å². The molecule has 0 aliphatic carbocycles. The van der Waals surface area contributed by atoms with Crippen molar-refractivity contribution in [3.05, 3.63) is 71.8 Å². The van der Waals surface area contributed by atoms with Gasteiger partial charge in [-0.25, -0.2) is 27.5 Å². The monoisotopic (exact) mass is 472 g/mol. The molecule has 8 nitrogen and oxygen atoms in total. The van der Waals surface area contributed by atoms with Crippen molar-refractivity contribution in [1.82, 2.24) is 15.3 Å². The van der Waals surface area contributed by atoms with Crippen molar-refractivity contribution in [3.63, 3.8) is 0 Å². The molecule has 0 spiro atoms. The van der Waals surface area contributed by atoms with E-state index in [1.54, 1.807) is 13.0 Å². The first kappa shape index (κ1) is 24.1. The maximum absolute atomic E-state index is 14.1. The summed E-state index contributed by atoms with van der Waals surface area (Å²) in [6.45, 7) is 7.93. The van der Waals surface area contributed by atoms with E-state index in [0.29, 0.717) is 23.6 Å². The minimum absolute atomic E-state index is 0.0271. The minimum Gasteiger partial charge on any atom is -0.457 e. The fourth-order valence-corrected chi connectivity index (χ4v) is 3.86. The van der Waals surface area contributed by atoms with E-state index in [0.717, 1.165) is 0 Å². The number of sulfonamides is 1. The lowest BCUT2D eigenvalue weighted by Crippen LogP contribution is -2.23. The molecule has 33 heavy (non-hydrogen) atoms. The lowest BCUT2D eigenvalue weighted by molar-refractivity contribution is 0.0955. The van der Waals surface area contributed by atoms with Crippen LogP contribution in [0.4, 0.5) is 10.3 Å². The molecule has 174 valence electrons. The van der Waals surface area contributed by atoms with E-state index in [-0.39, 0.29) is 28.1 Å². The third kappa shape index (κ3) is 6.04. The molecule has 1 heterocycles. The smallest absolute Gasteiger partial charge is 0.264 e. The third-order valence-corrected chi connectivity index (χ3v) is 5.94. The highest BCUT2D eigenvalue weighted by Gasteiger charge is 2.20. The van der Waals surface area contributed by atoms with Crippen LogP contribution < -0.4 is 14.8 Å². The van der Waals surface area contributed by atoms with Gasteiger partial charge in [-0.15, -0.1) is 0 Å². The molecule has 10 heteroatoms. The van der Waals surface area contributed by atoms with Gasteiger partial charge < -0.3 is 10.1 Å². The maximum atomic E-state index is 14.1. The second-order valence-electron chi connectivity index (χ2n) is 8.23. The topological polar surface area (TPSA) is 110 Å². The molecular weight excluding hydrogens is 447 g/mol. The Labute approximate surface area is 192 Å². The van der Waals surface area contributed by atoms with E-state index in [4.69, 9.17) is 4.74 Å². The number of carbonyl (C=O) groups excluding carboxylic acids is 1. The zero-order valence-corrected chi connectivity index (χ0v) is 19.5. The molecule has 0 aliphatic rings. The van der Waals surface area contributed by atoms with Crippen LogP contribution in [0.25, 0.3) is 0 Å². The minimum atomic E-state index is -3.96. The van der Waals surface area contributed by atoms with Gasteiger partial charge in [0.1, 0.15) is 17.3 Å².